The lowest BCUT2D eigenvalue weighted by Gasteiger charge is -2.33. The van der Waals surface area contributed by atoms with Gasteiger partial charge >= 0.3 is 6.18 Å². The monoisotopic (exact) mass is 398 g/mol. The summed E-state index contributed by atoms with van der Waals surface area (Å²) in [7, 11) is 0. The minimum absolute atomic E-state index is 0.0576. The fourth-order valence-electron chi connectivity index (χ4n) is 2.71. The SMILES string of the molecule is CC(=O)N1C[C@@H](C(=O)Nc2ccc(Cl)c(C(F)(F)F)c2)Oc2ccccc21. The van der Waals surface area contributed by atoms with Crippen LogP contribution in [0.2, 0.25) is 5.02 Å². The molecule has 1 heterocycles. The molecule has 142 valence electrons. The largest absolute Gasteiger partial charge is 0.476 e. The summed E-state index contributed by atoms with van der Waals surface area (Å²) >= 11 is 5.57. The molecule has 1 aliphatic rings. The van der Waals surface area contributed by atoms with Crippen LogP contribution >= 0.6 is 11.6 Å². The van der Waals surface area contributed by atoms with Gasteiger partial charge in [0.2, 0.25) is 5.91 Å². The second-order valence-electron chi connectivity index (χ2n) is 5.89. The van der Waals surface area contributed by atoms with E-state index in [-0.39, 0.29) is 18.1 Å². The molecule has 0 radical (unpaired) electrons. The molecule has 1 N–H and O–H groups in total. The van der Waals surface area contributed by atoms with Crippen molar-refractivity contribution in [2.75, 3.05) is 16.8 Å². The molecule has 27 heavy (non-hydrogen) atoms. The Morgan fingerprint density at radius 2 is 1.93 bits per heavy atom. The molecule has 0 fully saturated rings. The van der Waals surface area contributed by atoms with Gasteiger partial charge in [-0.1, -0.05) is 23.7 Å². The molecule has 0 unspecified atom stereocenters. The Kier molecular flexibility index (Phi) is 5.01. The van der Waals surface area contributed by atoms with E-state index in [9.17, 15) is 22.8 Å². The number of amides is 2. The van der Waals surface area contributed by atoms with Gasteiger partial charge in [0.1, 0.15) is 5.75 Å². The first-order chi connectivity index (χ1) is 12.7. The fraction of sp³-hybridized carbons (Fsp3) is 0.222. The minimum atomic E-state index is -4.65. The zero-order valence-electron chi connectivity index (χ0n) is 14.0. The fourth-order valence-corrected chi connectivity index (χ4v) is 2.94. The van der Waals surface area contributed by atoms with Gasteiger partial charge in [-0.3, -0.25) is 9.59 Å². The highest BCUT2D eigenvalue weighted by atomic mass is 35.5. The standard InChI is InChI=1S/C18H14ClF3N2O3/c1-10(25)24-9-16(27-15-5-3-2-4-14(15)24)17(26)23-11-6-7-13(19)12(8-11)18(20,21)22/h2-8,16H,9H2,1H3,(H,23,26)/t16-/m0/s1. The van der Waals surface area contributed by atoms with Gasteiger partial charge in [-0.05, 0) is 30.3 Å². The number of halogens is 4. The molecular formula is C18H14ClF3N2O3. The Hall–Kier alpha value is -2.74. The van der Waals surface area contributed by atoms with Gasteiger partial charge in [0, 0.05) is 12.6 Å². The van der Waals surface area contributed by atoms with Crippen molar-refractivity contribution >= 4 is 34.8 Å². The van der Waals surface area contributed by atoms with Crippen LogP contribution in [-0.2, 0) is 15.8 Å². The van der Waals surface area contributed by atoms with Crippen molar-refractivity contribution < 1.29 is 27.5 Å². The van der Waals surface area contributed by atoms with Crippen LogP contribution in [-0.4, -0.2) is 24.5 Å². The Labute approximate surface area is 157 Å². The molecule has 0 spiro atoms. The number of ether oxygens (including phenoxy) is 1. The number of carbonyl (C=O) groups excluding carboxylic acids is 2. The van der Waals surface area contributed by atoms with Crippen LogP contribution in [0.1, 0.15) is 12.5 Å². The lowest BCUT2D eigenvalue weighted by molar-refractivity contribution is -0.137. The van der Waals surface area contributed by atoms with Crippen molar-refractivity contribution in [2.24, 2.45) is 0 Å². The number of hydrogen-bond acceptors (Lipinski definition) is 3. The smallest absolute Gasteiger partial charge is 0.417 e. The number of rotatable bonds is 2. The van der Waals surface area contributed by atoms with E-state index in [2.05, 4.69) is 5.32 Å². The van der Waals surface area contributed by atoms with Crippen LogP contribution in [0.5, 0.6) is 5.75 Å². The van der Waals surface area contributed by atoms with E-state index >= 15 is 0 Å². The topological polar surface area (TPSA) is 58.6 Å². The average molecular weight is 399 g/mol. The predicted molar refractivity (Wildman–Crippen MR) is 94.0 cm³/mol. The number of hydrogen-bond donors (Lipinski definition) is 1. The van der Waals surface area contributed by atoms with E-state index in [1.165, 1.54) is 17.9 Å². The van der Waals surface area contributed by atoms with Gasteiger partial charge in [-0.2, -0.15) is 13.2 Å². The highest BCUT2D eigenvalue weighted by Gasteiger charge is 2.35. The first-order valence-electron chi connectivity index (χ1n) is 7.88. The number of benzene rings is 2. The highest BCUT2D eigenvalue weighted by molar-refractivity contribution is 6.31. The molecule has 0 saturated carbocycles. The van der Waals surface area contributed by atoms with Crippen LogP contribution in [0.15, 0.2) is 42.5 Å². The lowest BCUT2D eigenvalue weighted by Crippen LogP contribution is -2.48. The summed E-state index contributed by atoms with van der Waals surface area (Å²) < 4.78 is 44.5. The van der Waals surface area contributed by atoms with Gasteiger partial charge in [-0.15, -0.1) is 0 Å². The number of para-hydroxylation sites is 2. The minimum Gasteiger partial charge on any atom is -0.476 e. The van der Waals surface area contributed by atoms with Crippen molar-refractivity contribution in [1.29, 1.82) is 0 Å². The van der Waals surface area contributed by atoms with E-state index < -0.39 is 28.8 Å². The summed E-state index contributed by atoms with van der Waals surface area (Å²) in [6, 6.07) is 9.76. The van der Waals surface area contributed by atoms with Crippen LogP contribution in [0.3, 0.4) is 0 Å². The number of fused-ring (bicyclic) bond motifs is 1. The number of nitrogens with one attached hydrogen (secondary N) is 1. The molecule has 0 bridgehead atoms. The third-order valence-electron chi connectivity index (χ3n) is 3.99. The Balaban J connectivity index is 1.82. The first kappa shape index (κ1) is 19.0. The molecule has 2 aromatic rings. The second-order valence-corrected chi connectivity index (χ2v) is 6.29. The average Bonchev–Trinajstić information content (AvgIpc) is 2.61. The molecule has 9 heteroatoms. The number of nitrogens with zero attached hydrogens (tertiary/aromatic N) is 1. The summed E-state index contributed by atoms with van der Waals surface area (Å²) in [5.74, 6) is -0.619. The Morgan fingerprint density at radius 1 is 1.22 bits per heavy atom. The van der Waals surface area contributed by atoms with Crippen LogP contribution in [0.25, 0.3) is 0 Å². The van der Waals surface area contributed by atoms with Crippen LogP contribution in [0, 0.1) is 0 Å². The second kappa shape index (κ2) is 7.11. The maximum absolute atomic E-state index is 13.0. The Bertz CT molecular complexity index is 902. The molecule has 1 atom stereocenters. The lowest BCUT2D eigenvalue weighted by atomic mass is 10.1. The van der Waals surface area contributed by atoms with Gasteiger partial charge < -0.3 is 15.0 Å². The van der Waals surface area contributed by atoms with Gasteiger partial charge in [0.15, 0.2) is 6.10 Å². The van der Waals surface area contributed by atoms with E-state index in [1.54, 1.807) is 24.3 Å². The third kappa shape index (κ3) is 4.00. The predicted octanol–water partition coefficient (Wildman–Crippen LogP) is 4.11. The van der Waals surface area contributed by atoms with E-state index in [0.29, 0.717) is 11.4 Å². The highest BCUT2D eigenvalue weighted by Crippen LogP contribution is 2.37. The van der Waals surface area contributed by atoms with Gasteiger partial charge in [0.25, 0.3) is 5.91 Å². The molecule has 2 aromatic carbocycles. The van der Waals surface area contributed by atoms with E-state index in [0.717, 1.165) is 12.1 Å². The maximum Gasteiger partial charge on any atom is 0.417 e. The molecule has 0 aromatic heterocycles. The van der Waals surface area contributed by atoms with Crippen LogP contribution < -0.4 is 15.0 Å². The van der Waals surface area contributed by atoms with Gasteiger partial charge in [0.05, 0.1) is 22.8 Å². The summed E-state index contributed by atoms with van der Waals surface area (Å²) in [6.07, 6.45) is -5.72. The molecule has 2 amide bonds. The van der Waals surface area contributed by atoms with Gasteiger partial charge in [-0.25, -0.2) is 0 Å². The number of anilines is 2. The summed E-state index contributed by atoms with van der Waals surface area (Å²) in [5, 5.41) is 1.91. The normalized spacial score (nSPS) is 16.3. The molecule has 3 rings (SSSR count). The van der Waals surface area contributed by atoms with Crippen LogP contribution in [0.4, 0.5) is 24.5 Å². The summed E-state index contributed by atoms with van der Waals surface area (Å²) in [5.41, 5.74) is -0.601. The molecule has 0 saturated heterocycles. The summed E-state index contributed by atoms with van der Waals surface area (Å²) in [6.45, 7) is 1.30. The number of carbonyl (C=O) groups is 2. The van der Waals surface area contributed by atoms with Crippen molar-refractivity contribution in [2.45, 2.75) is 19.2 Å². The summed E-state index contributed by atoms with van der Waals surface area (Å²) in [4.78, 5) is 25.8. The third-order valence-corrected chi connectivity index (χ3v) is 4.32. The first-order valence-corrected chi connectivity index (χ1v) is 8.26. The maximum atomic E-state index is 13.0. The van der Waals surface area contributed by atoms with E-state index in [1.807, 2.05) is 0 Å². The number of alkyl halides is 3. The quantitative estimate of drug-likeness (QED) is 0.828. The Morgan fingerprint density at radius 3 is 2.59 bits per heavy atom. The van der Waals surface area contributed by atoms with Crippen molar-refractivity contribution in [3.8, 4) is 5.75 Å². The zero-order valence-corrected chi connectivity index (χ0v) is 14.8. The molecule has 0 aliphatic carbocycles. The molecular weight excluding hydrogens is 385 g/mol. The van der Waals surface area contributed by atoms with Crippen molar-refractivity contribution in [3.05, 3.63) is 53.1 Å². The molecule has 5 nitrogen and oxygen atoms in total. The van der Waals surface area contributed by atoms with E-state index in [4.69, 9.17) is 16.3 Å². The zero-order chi connectivity index (χ0) is 19.8. The van der Waals surface area contributed by atoms with Crippen molar-refractivity contribution in [3.63, 3.8) is 0 Å². The molecule has 1 aliphatic heterocycles. The van der Waals surface area contributed by atoms with Crippen molar-refractivity contribution in [1.82, 2.24) is 0 Å².